The van der Waals surface area contributed by atoms with Gasteiger partial charge >= 0.3 is 0 Å². The molecule has 0 atom stereocenters. The molecular weight excluding hydrogens is 178 g/mol. The van der Waals surface area contributed by atoms with Gasteiger partial charge in [-0.25, -0.2) is 0 Å². The molecule has 0 amide bonds. The number of carbonyl (C=O) groups is 2. The predicted octanol–water partition coefficient (Wildman–Crippen LogP) is 1.50. The van der Waals surface area contributed by atoms with Crippen LogP contribution in [0, 0.1) is 11.3 Å². The van der Waals surface area contributed by atoms with Gasteiger partial charge < -0.3 is 0 Å². The maximum atomic E-state index is 10.9. The summed E-state index contributed by atoms with van der Waals surface area (Å²) < 4.78 is 0. The van der Waals surface area contributed by atoms with Gasteiger partial charge in [-0.15, -0.1) is 0 Å². The number of carbonyl (C=O) groups excluding carboxylic acids is 2. The molecule has 70 valence electrons. The van der Waals surface area contributed by atoms with Gasteiger partial charge in [-0.1, -0.05) is 6.07 Å². The number of hydrogen-bond acceptors (Lipinski definition) is 3. The van der Waals surface area contributed by atoms with Crippen molar-refractivity contribution in [2.75, 3.05) is 0 Å². The van der Waals surface area contributed by atoms with Crippen LogP contribution in [-0.2, 0) is 11.2 Å². The van der Waals surface area contributed by atoms with Gasteiger partial charge in [-0.3, -0.25) is 9.59 Å². The number of nitrogens with zero attached hydrogens (tertiary/aromatic N) is 1. The number of ketones is 1. The van der Waals surface area contributed by atoms with Crippen LogP contribution in [0.2, 0.25) is 0 Å². The lowest BCUT2D eigenvalue weighted by atomic mass is 10.0. The van der Waals surface area contributed by atoms with Crippen molar-refractivity contribution >= 4 is 12.1 Å². The Hall–Kier alpha value is -1.95. The van der Waals surface area contributed by atoms with E-state index in [4.69, 9.17) is 5.26 Å². The first kappa shape index (κ1) is 10.1. The van der Waals surface area contributed by atoms with E-state index >= 15 is 0 Å². The maximum Gasteiger partial charge on any atom is 0.150 e. The van der Waals surface area contributed by atoms with Gasteiger partial charge in [0.2, 0.25) is 0 Å². The van der Waals surface area contributed by atoms with Gasteiger partial charge in [-0.05, 0) is 24.6 Å². The van der Waals surface area contributed by atoms with Gasteiger partial charge in [-0.2, -0.15) is 5.26 Å². The molecule has 0 radical (unpaired) electrons. The minimum atomic E-state index is -0.00203. The van der Waals surface area contributed by atoms with Gasteiger partial charge in [0.25, 0.3) is 0 Å². The first-order valence-corrected chi connectivity index (χ1v) is 4.15. The van der Waals surface area contributed by atoms with Crippen molar-refractivity contribution in [2.45, 2.75) is 13.3 Å². The van der Waals surface area contributed by atoms with Crippen LogP contribution in [0.15, 0.2) is 18.2 Å². The van der Waals surface area contributed by atoms with E-state index in [2.05, 4.69) is 0 Å². The SMILES string of the molecule is CC(=O)Cc1ccc(C#N)cc1C=O. The largest absolute Gasteiger partial charge is 0.300 e. The maximum absolute atomic E-state index is 10.9. The molecule has 1 aromatic rings. The zero-order valence-corrected chi connectivity index (χ0v) is 7.78. The molecule has 0 spiro atoms. The molecule has 0 aliphatic rings. The average molecular weight is 187 g/mol. The average Bonchev–Trinajstić information content (AvgIpc) is 2.17. The summed E-state index contributed by atoms with van der Waals surface area (Å²) >= 11 is 0. The van der Waals surface area contributed by atoms with Crippen molar-refractivity contribution in [2.24, 2.45) is 0 Å². The molecule has 14 heavy (non-hydrogen) atoms. The Balaban J connectivity index is 3.12. The van der Waals surface area contributed by atoms with Gasteiger partial charge in [0.15, 0.2) is 0 Å². The molecule has 0 N–H and O–H groups in total. The Morgan fingerprint density at radius 3 is 2.79 bits per heavy atom. The zero-order valence-electron chi connectivity index (χ0n) is 7.78. The Kier molecular flexibility index (Phi) is 3.14. The van der Waals surface area contributed by atoms with Crippen LogP contribution in [0.4, 0.5) is 0 Å². The second-order valence-corrected chi connectivity index (χ2v) is 3.02. The van der Waals surface area contributed by atoms with Crippen molar-refractivity contribution < 1.29 is 9.59 Å². The molecule has 0 heterocycles. The van der Waals surface area contributed by atoms with E-state index in [0.717, 1.165) is 0 Å². The fourth-order valence-electron chi connectivity index (χ4n) is 1.20. The lowest BCUT2D eigenvalue weighted by Crippen LogP contribution is -2.00. The summed E-state index contributed by atoms with van der Waals surface area (Å²) in [5.74, 6) is -0.00203. The smallest absolute Gasteiger partial charge is 0.150 e. The molecule has 1 aromatic carbocycles. The minimum absolute atomic E-state index is 0.00203. The fourth-order valence-corrected chi connectivity index (χ4v) is 1.20. The highest BCUT2D eigenvalue weighted by Crippen LogP contribution is 2.10. The lowest BCUT2D eigenvalue weighted by molar-refractivity contribution is -0.116. The van der Waals surface area contributed by atoms with E-state index in [-0.39, 0.29) is 12.2 Å². The van der Waals surface area contributed by atoms with E-state index in [1.54, 1.807) is 12.1 Å². The number of aldehydes is 1. The summed E-state index contributed by atoms with van der Waals surface area (Å²) in [4.78, 5) is 21.5. The molecule has 0 saturated heterocycles. The van der Waals surface area contributed by atoms with Crippen LogP contribution in [0.3, 0.4) is 0 Å². The van der Waals surface area contributed by atoms with Crippen LogP contribution in [0.1, 0.15) is 28.4 Å². The molecule has 0 aromatic heterocycles. The Morgan fingerprint density at radius 2 is 2.29 bits per heavy atom. The summed E-state index contributed by atoms with van der Waals surface area (Å²) in [5.41, 5.74) is 1.52. The van der Waals surface area contributed by atoms with Crippen LogP contribution < -0.4 is 0 Å². The fraction of sp³-hybridized carbons (Fsp3) is 0.182. The molecule has 0 aliphatic carbocycles. The Bertz CT molecular complexity index is 416. The van der Waals surface area contributed by atoms with E-state index in [1.165, 1.54) is 13.0 Å². The number of hydrogen-bond donors (Lipinski definition) is 0. The standard InChI is InChI=1S/C11H9NO2/c1-8(14)4-10-3-2-9(6-12)5-11(10)7-13/h2-3,5,7H,4H2,1H3. The number of Topliss-reactive ketones (excluding diaryl/α,β-unsaturated/α-hetero) is 1. The normalized spacial score (nSPS) is 9.14. The summed E-state index contributed by atoms with van der Waals surface area (Å²) in [6, 6.07) is 6.67. The van der Waals surface area contributed by atoms with Gasteiger partial charge in [0, 0.05) is 12.0 Å². The number of nitriles is 1. The molecule has 0 saturated carbocycles. The molecule has 0 unspecified atom stereocenters. The van der Waals surface area contributed by atoms with Gasteiger partial charge in [0.05, 0.1) is 11.6 Å². The van der Waals surface area contributed by atoms with Crippen molar-refractivity contribution in [1.82, 2.24) is 0 Å². The third-order valence-corrected chi connectivity index (χ3v) is 1.84. The third kappa shape index (κ3) is 2.27. The van der Waals surface area contributed by atoms with Crippen molar-refractivity contribution in [3.63, 3.8) is 0 Å². The van der Waals surface area contributed by atoms with E-state index in [1.807, 2.05) is 6.07 Å². The Labute approximate surface area is 82.0 Å². The third-order valence-electron chi connectivity index (χ3n) is 1.84. The highest BCUT2D eigenvalue weighted by molar-refractivity contribution is 5.84. The van der Waals surface area contributed by atoms with Crippen molar-refractivity contribution in [3.05, 3.63) is 34.9 Å². The zero-order chi connectivity index (χ0) is 10.6. The monoisotopic (exact) mass is 187 g/mol. The van der Waals surface area contributed by atoms with Gasteiger partial charge in [0.1, 0.15) is 12.1 Å². The van der Waals surface area contributed by atoms with E-state index in [9.17, 15) is 9.59 Å². The Morgan fingerprint density at radius 1 is 1.57 bits per heavy atom. The minimum Gasteiger partial charge on any atom is -0.300 e. The van der Waals surface area contributed by atoms with Crippen LogP contribution >= 0.6 is 0 Å². The number of rotatable bonds is 3. The highest BCUT2D eigenvalue weighted by Gasteiger charge is 2.05. The molecule has 3 nitrogen and oxygen atoms in total. The molecule has 1 rings (SSSR count). The van der Waals surface area contributed by atoms with Crippen molar-refractivity contribution in [3.8, 4) is 6.07 Å². The van der Waals surface area contributed by atoms with Crippen LogP contribution in [0.5, 0.6) is 0 Å². The van der Waals surface area contributed by atoms with E-state index in [0.29, 0.717) is 23.0 Å². The molecule has 0 bridgehead atoms. The summed E-state index contributed by atoms with van der Waals surface area (Å²) in [5, 5.41) is 8.60. The molecule has 0 fully saturated rings. The van der Waals surface area contributed by atoms with E-state index < -0.39 is 0 Å². The predicted molar refractivity (Wildman–Crippen MR) is 50.9 cm³/mol. The first-order chi connectivity index (χ1) is 6.67. The summed E-state index contributed by atoms with van der Waals surface area (Å²) in [6.07, 6.45) is 0.902. The topological polar surface area (TPSA) is 57.9 Å². The second-order valence-electron chi connectivity index (χ2n) is 3.02. The molecule has 0 aliphatic heterocycles. The molecule has 3 heteroatoms. The van der Waals surface area contributed by atoms with Crippen LogP contribution in [-0.4, -0.2) is 12.1 Å². The molecular formula is C11H9NO2. The van der Waals surface area contributed by atoms with Crippen molar-refractivity contribution in [1.29, 1.82) is 5.26 Å². The summed E-state index contributed by atoms with van der Waals surface area (Å²) in [7, 11) is 0. The summed E-state index contributed by atoms with van der Waals surface area (Å²) in [6.45, 7) is 1.47. The first-order valence-electron chi connectivity index (χ1n) is 4.15. The van der Waals surface area contributed by atoms with Crippen LogP contribution in [0.25, 0.3) is 0 Å². The second kappa shape index (κ2) is 4.33. The number of benzene rings is 1. The quantitative estimate of drug-likeness (QED) is 0.674. The lowest BCUT2D eigenvalue weighted by Gasteiger charge is -2.01. The highest BCUT2D eigenvalue weighted by atomic mass is 16.1.